The maximum Gasteiger partial charge on any atom is 0.450 e. The minimum absolute atomic E-state index is 0.157. The summed E-state index contributed by atoms with van der Waals surface area (Å²) >= 11 is 0. The van der Waals surface area contributed by atoms with Crippen molar-refractivity contribution in [2.24, 2.45) is 0 Å². The van der Waals surface area contributed by atoms with E-state index in [1.54, 1.807) is 11.9 Å². The van der Waals surface area contributed by atoms with Crippen LogP contribution in [0, 0.1) is 0 Å². The summed E-state index contributed by atoms with van der Waals surface area (Å²) in [4.78, 5) is 16.3. The number of hydrogen-bond acceptors (Lipinski definition) is 5. The number of carbonyl (C=O) groups is 1. The van der Waals surface area contributed by atoms with Crippen LogP contribution in [0.3, 0.4) is 0 Å². The van der Waals surface area contributed by atoms with E-state index in [0.29, 0.717) is 6.54 Å². The van der Waals surface area contributed by atoms with Crippen LogP contribution in [0.4, 0.5) is 19.1 Å². The maximum atomic E-state index is 12.2. The molecule has 0 saturated heterocycles. The van der Waals surface area contributed by atoms with Crippen molar-refractivity contribution in [1.29, 1.82) is 0 Å². The molecule has 1 aromatic heterocycles. The van der Waals surface area contributed by atoms with E-state index in [4.69, 9.17) is 0 Å². The van der Waals surface area contributed by atoms with E-state index in [1.165, 1.54) is 0 Å². The molecule has 1 atom stereocenters. The fraction of sp³-hybridized carbons (Fsp3) is 0.667. The van der Waals surface area contributed by atoms with Gasteiger partial charge in [-0.05, 0) is 19.0 Å². The third kappa shape index (κ3) is 2.95. The van der Waals surface area contributed by atoms with E-state index in [-0.39, 0.29) is 11.8 Å². The van der Waals surface area contributed by atoms with E-state index >= 15 is 0 Å². The predicted molar refractivity (Wildman–Crippen MR) is 52.7 cm³/mol. The Bertz CT molecular complexity index is 402. The molecule has 0 radical (unpaired) electrons. The average Bonchev–Trinajstić information content (AvgIpc) is 2.73. The van der Waals surface area contributed by atoms with Gasteiger partial charge >= 0.3 is 6.18 Å². The van der Waals surface area contributed by atoms with Gasteiger partial charge in [0.1, 0.15) is 5.92 Å². The Balaban J connectivity index is 2.87. The van der Waals surface area contributed by atoms with Crippen LogP contribution >= 0.6 is 0 Å². The normalized spacial score (nSPS) is 13.5. The van der Waals surface area contributed by atoms with Crippen molar-refractivity contribution in [3.8, 4) is 0 Å². The Kier molecular flexibility index (Phi) is 3.74. The smallest absolute Gasteiger partial charge is 0.342 e. The second-order valence-electron chi connectivity index (χ2n) is 3.53. The van der Waals surface area contributed by atoms with Gasteiger partial charge in [0, 0.05) is 13.6 Å². The van der Waals surface area contributed by atoms with Crippen molar-refractivity contribution < 1.29 is 22.5 Å². The molecule has 0 spiro atoms. The van der Waals surface area contributed by atoms with Crippen LogP contribution in [0.2, 0.25) is 0 Å². The summed E-state index contributed by atoms with van der Waals surface area (Å²) < 4.78 is 41.1. The first kappa shape index (κ1) is 13.5. The van der Waals surface area contributed by atoms with Crippen molar-refractivity contribution in [2.45, 2.75) is 25.9 Å². The largest absolute Gasteiger partial charge is 0.450 e. The first-order valence-electron chi connectivity index (χ1n) is 4.93. The van der Waals surface area contributed by atoms with Gasteiger partial charge in [0.2, 0.25) is 11.7 Å². The van der Waals surface area contributed by atoms with Crippen molar-refractivity contribution in [2.75, 3.05) is 18.5 Å². The minimum Gasteiger partial charge on any atom is -0.342 e. The molecule has 1 unspecified atom stereocenters. The molecule has 0 bridgehead atoms. The standard InChI is InChI=1S/C9H12F3N3O2/c1-4-15(3)8-13-7(17-14-8)5(2)6(16)9(10,11)12/h5H,4H2,1-3H3. The molecule has 1 rings (SSSR count). The summed E-state index contributed by atoms with van der Waals surface area (Å²) in [6.45, 7) is 3.47. The number of rotatable bonds is 4. The highest BCUT2D eigenvalue weighted by molar-refractivity contribution is 5.89. The Labute approximate surface area is 95.6 Å². The first-order chi connectivity index (χ1) is 7.77. The SMILES string of the molecule is CCN(C)c1noc(C(C)C(=O)C(F)(F)F)n1. The van der Waals surface area contributed by atoms with Crippen molar-refractivity contribution >= 4 is 11.7 Å². The van der Waals surface area contributed by atoms with Gasteiger partial charge in [0.05, 0.1) is 0 Å². The number of Topliss-reactive ketones (excluding diaryl/α,β-unsaturated/α-hetero) is 1. The molecule has 0 N–H and O–H groups in total. The van der Waals surface area contributed by atoms with E-state index in [9.17, 15) is 18.0 Å². The number of nitrogens with zero attached hydrogens (tertiary/aromatic N) is 3. The van der Waals surface area contributed by atoms with Gasteiger partial charge in [-0.15, -0.1) is 0 Å². The van der Waals surface area contributed by atoms with Gasteiger partial charge in [0.15, 0.2) is 0 Å². The van der Waals surface area contributed by atoms with E-state index < -0.39 is 17.9 Å². The summed E-state index contributed by atoms with van der Waals surface area (Å²) in [6, 6.07) is 0. The minimum atomic E-state index is -4.90. The lowest BCUT2D eigenvalue weighted by molar-refractivity contribution is -0.172. The average molecular weight is 251 g/mol. The van der Waals surface area contributed by atoms with Crippen LogP contribution in [-0.2, 0) is 4.79 Å². The molecule has 8 heteroatoms. The molecule has 0 aromatic carbocycles. The van der Waals surface area contributed by atoms with Crippen molar-refractivity contribution in [1.82, 2.24) is 10.1 Å². The lowest BCUT2D eigenvalue weighted by Crippen LogP contribution is -2.28. The van der Waals surface area contributed by atoms with Gasteiger partial charge in [-0.3, -0.25) is 4.79 Å². The lowest BCUT2D eigenvalue weighted by atomic mass is 10.1. The van der Waals surface area contributed by atoms with Gasteiger partial charge < -0.3 is 9.42 Å². The van der Waals surface area contributed by atoms with Crippen molar-refractivity contribution in [3.05, 3.63) is 5.89 Å². The Morgan fingerprint density at radius 2 is 2.12 bits per heavy atom. The van der Waals surface area contributed by atoms with Crippen LogP contribution in [0.25, 0.3) is 0 Å². The van der Waals surface area contributed by atoms with Crippen LogP contribution < -0.4 is 4.90 Å². The molecule has 5 nitrogen and oxygen atoms in total. The zero-order chi connectivity index (χ0) is 13.2. The number of carbonyl (C=O) groups excluding carboxylic acids is 1. The van der Waals surface area contributed by atoms with Gasteiger partial charge in [-0.1, -0.05) is 0 Å². The summed E-state index contributed by atoms with van der Waals surface area (Å²) in [7, 11) is 1.66. The summed E-state index contributed by atoms with van der Waals surface area (Å²) in [5, 5.41) is 3.49. The second-order valence-corrected chi connectivity index (χ2v) is 3.53. The van der Waals surface area contributed by atoms with Crippen LogP contribution in [0.5, 0.6) is 0 Å². The molecule has 0 saturated carbocycles. The first-order valence-corrected chi connectivity index (χ1v) is 4.93. The molecule has 0 aliphatic heterocycles. The predicted octanol–water partition coefficient (Wildman–Crippen LogP) is 1.76. The van der Waals surface area contributed by atoms with Gasteiger partial charge in [-0.25, -0.2) is 0 Å². The number of halogens is 3. The highest BCUT2D eigenvalue weighted by Crippen LogP contribution is 2.27. The molecule has 17 heavy (non-hydrogen) atoms. The number of aromatic nitrogens is 2. The maximum absolute atomic E-state index is 12.2. The zero-order valence-corrected chi connectivity index (χ0v) is 9.58. The van der Waals surface area contributed by atoms with Crippen LogP contribution in [-0.4, -0.2) is 35.7 Å². The van der Waals surface area contributed by atoms with Gasteiger partial charge in [-0.2, -0.15) is 18.2 Å². The zero-order valence-electron chi connectivity index (χ0n) is 9.58. The molecular formula is C9H12F3N3O2. The third-order valence-electron chi connectivity index (χ3n) is 2.29. The molecule has 0 aliphatic rings. The number of ketones is 1. The summed E-state index contributed by atoms with van der Waals surface area (Å²) in [6.07, 6.45) is -4.90. The fourth-order valence-electron chi connectivity index (χ4n) is 1.06. The molecule has 0 amide bonds. The molecule has 0 fully saturated rings. The van der Waals surface area contributed by atoms with E-state index in [0.717, 1.165) is 6.92 Å². The Hall–Kier alpha value is -1.60. The summed E-state index contributed by atoms with van der Waals surface area (Å²) in [5.41, 5.74) is 0. The molecule has 0 aliphatic carbocycles. The van der Waals surface area contributed by atoms with E-state index in [1.807, 2.05) is 6.92 Å². The Morgan fingerprint density at radius 1 is 1.53 bits per heavy atom. The third-order valence-corrected chi connectivity index (χ3v) is 2.29. The monoisotopic (exact) mass is 251 g/mol. The summed E-state index contributed by atoms with van der Waals surface area (Å²) in [5.74, 6) is -3.56. The second kappa shape index (κ2) is 4.72. The molecule has 96 valence electrons. The highest BCUT2D eigenvalue weighted by Gasteiger charge is 2.44. The molecule has 1 aromatic rings. The van der Waals surface area contributed by atoms with Crippen LogP contribution in [0.1, 0.15) is 25.7 Å². The van der Waals surface area contributed by atoms with E-state index in [2.05, 4.69) is 14.7 Å². The number of alkyl halides is 3. The van der Waals surface area contributed by atoms with Crippen molar-refractivity contribution in [3.63, 3.8) is 0 Å². The number of hydrogen-bond donors (Lipinski definition) is 0. The fourth-order valence-corrected chi connectivity index (χ4v) is 1.06. The Morgan fingerprint density at radius 3 is 2.59 bits per heavy atom. The van der Waals surface area contributed by atoms with Crippen LogP contribution in [0.15, 0.2) is 4.52 Å². The number of anilines is 1. The quantitative estimate of drug-likeness (QED) is 0.816. The lowest BCUT2D eigenvalue weighted by Gasteiger charge is -2.10. The topological polar surface area (TPSA) is 59.2 Å². The molecule has 1 heterocycles. The highest BCUT2D eigenvalue weighted by atomic mass is 19.4. The van der Waals surface area contributed by atoms with Gasteiger partial charge in [0.25, 0.3) is 5.95 Å². The molecular weight excluding hydrogens is 239 g/mol.